The molecule has 1 aliphatic heterocycles. The third-order valence-electron chi connectivity index (χ3n) is 10.4. The smallest absolute Gasteiger partial charge is 0.163 e. The molecule has 0 amide bonds. The largest absolute Gasteiger partial charge is 0.389 e. The van der Waals surface area contributed by atoms with Crippen LogP contribution in [0.5, 0.6) is 0 Å². The molecule has 172 valence electrons. The van der Waals surface area contributed by atoms with E-state index in [0.717, 1.165) is 32.3 Å². The molecule has 4 saturated carbocycles. The van der Waals surface area contributed by atoms with Crippen molar-refractivity contribution < 1.29 is 19.3 Å². The highest BCUT2D eigenvalue weighted by Crippen LogP contribution is 2.68. The van der Waals surface area contributed by atoms with Crippen LogP contribution in [-0.2, 0) is 14.2 Å². The number of ether oxygens (including phenoxy) is 3. The molecule has 0 aromatic carbocycles. The number of nitrogens with two attached hydrogens (primary N) is 1. The van der Waals surface area contributed by atoms with Crippen LogP contribution < -0.4 is 5.73 Å². The van der Waals surface area contributed by atoms with E-state index in [1.165, 1.54) is 38.5 Å². The van der Waals surface area contributed by atoms with Gasteiger partial charge in [0, 0.05) is 12.5 Å². The zero-order valence-electron chi connectivity index (χ0n) is 19.1. The summed E-state index contributed by atoms with van der Waals surface area (Å²) in [5.41, 5.74) is 5.65. The van der Waals surface area contributed by atoms with Crippen molar-refractivity contribution >= 4 is 0 Å². The second kappa shape index (κ2) is 7.98. The van der Waals surface area contributed by atoms with E-state index in [-0.39, 0.29) is 29.1 Å². The lowest BCUT2D eigenvalue weighted by Gasteiger charge is -2.64. The fourth-order valence-corrected chi connectivity index (χ4v) is 8.70. The second-order valence-corrected chi connectivity index (χ2v) is 11.6. The highest BCUT2D eigenvalue weighted by molar-refractivity contribution is 5.15. The van der Waals surface area contributed by atoms with E-state index < -0.39 is 5.60 Å². The Morgan fingerprint density at radius 2 is 1.83 bits per heavy atom. The van der Waals surface area contributed by atoms with E-state index in [0.29, 0.717) is 37.5 Å². The van der Waals surface area contributed by atoms with Gasteiger partial charge in [0.25, 0.3) is 0 Å². The normalized spacial score (nSPS) is 51.4. The summed E-state index contributed by atoms with van der Waals surface area (Å²) in [4.78, 5) is 0. The first-order valence-corrected chi connectivity index (χ1v) is 12.7. The predicted molar refractivity (Wildman–Crippen MR) is 116 cm³/mol. The molecular formula is C25H43NO4. The Balaban J connectivity index is 1.40. The minimum atomic E-state index is -0.450. The SMILES string of the molecule is C[C@@]12CCC[C@@]1(O)[C@@H]1CCC3CC(OCCCN)C(C4OCCO4)C[C@]3(C)[C@@H]1CC2. The molecule has 30 heavy (non-hydrogen) atoms. The Kier molecular flexibility index (Phi) is 5.76. The van der Waals surface area contributed by atoms with E-state index >= 15 is 0 Å². The molecule has 8 atom stereocenters. The van der Waals surface area contributed by atoms with E-state index in [1.807, 2.05) is 0 Å². The summed E-state index contributed by atoms with van der Waals surface area (Å²) in [7, 11) is 0. The number of fused-ring (bicyclic) bond motifs is 5. The molecule has 5 heteroatoms. The van der Waals surface area contributed by atoms with Crippen molar-refractivity contribution in [2.24, 2.45) is 40.2 Å². The average molecular weight is 422 g/mol. The molecule has 3 unspecified atom stereocenters. The quantitative estimate of drug-likeness (QED) is 0.659. The van der Waals surface area contributed by atoms with Crippen LogP contribution in [-0.4, -0.2) is 49.5 Å². The van der Waals surface area contributed by atoms with E-state index in [4.69, 9.17) is 19.9 Å². The molecular weight excluding hydrogens is 378 g/mol. The maximum absolute atomic E-state index is 12.0. The summed E-state index contributed by atoms with van der Waals surface area (Å²) < 4.78 is 18.4. The van der Waals surface area contributed by atoms with Crippen molar-refractivity contribution in [3.05, 3.63) is 0 Å². The van der Waals surface area contributed by atoms with Crippen molar-refractivity contribution in [3.8, 4) is 0 Å². The Morgan fingerprint density at radius 1 is 1.03 bits per heavy atom. The fourth-order valence-electron chi connectivity index (χ4n) is 8.70. The summed E-state index contributed by atoms with van der Waals surface area (Å²) in [5, 5.41) is 12.0. The van der Waals surface area contributed by atoms with Crippen LogP contribution in [0.4, 0.5) is 0 Å². The summed E-state index contributed by atoms with van der Waals surface area (Å²) in [6, 6.07) is 0. The molecule has 0 aromatic heterocycles. The lowest BCUT2D eigenvalue weighted by Crippen LogP contribution is -2.62. The highest BCUT2D eigenvalue weighted by Gasteiger charge is 2.65. The zero-order chi connectivity index (χ0) is 21.0. The monoisotopic (exact) mass is 421 g/mol. The number of aliphatic hydroxyl groups is 1. The Labute approximate surface area is 182 Å². The zero-order valence-corrected chi connectivity index (χ0v) is 19.1. The Hall–Kier alpha value is -0.200. The van der Waals surface area contributed by atoms with Crippen molar-refractivity contribution in [2.75, 3.05) is 26.4 Å². The molecule has 5 aliphatic rings. The van der Waals surface area contributed by atoms with Gasteiger partial charge in [0.15, 0.2) is 6.29 Å². The van der Waals surface area contributed by atoms with Gasteiger partial charge in [-0.15, -0.1) is 0 Å². The van der Waals surface area contributed by atoms with Crippen molar-refractivity contribution in [3.63, 3.8) is 0 Å². The Bertz CT molecular complexity index is 624. The van der Waals surface area contributed by atoms with Gasteiger partial charge in [-0.2, -0.15) is 0 Å². The number of hydrogen-bond donors (Lipinski definition) is 2. The fraction of sp³-hybridized carbons (Fsp3) is 1.00. The average Bonchev–Trinajstić information content (AvgIpc) is 3.35. The molecule has 1 heterocycles. The molecule has 3 N–H and O–H groups in total. The van der Waals surface area contributed by atoms with Gasteiger partial charge >= 0.3 is 0 Å². The van der Waals surface area contributed by atoms with Crippen LogP contribution in [0.25, 0.3) is 0 Å². The van der Waals surface area contributed by atoms with Crippen LogP contribution in [0.3, 0.4) is 0 Å². The molecule has 0 aromatic rings. The van der Waals surface area contributed by atoms with Crippen molar-refractivity contribution in [1.82, 2.24) is 0 Å². The van der Waals surface area contributed by atoms with Crippen LogP contribution in [0, 0.1) is 34.5 Å². The van der Waals surface area contributed by atoms with Crippen molar-refractivity contribution in [1.29, 1.82) is 0 Å². The maximum Gasteiger partial charge on any atom is 0.163 e. The van der Waals surface area contributed by atoms with Gasteiger partial charge in [-0.3, -0.25) is 0 Å². The van der Waals surface area contributed by atoms with Gasteiger partial charge in [0.05, 0.1) is 24.9 Å². The van der Waals surface area contributed by atoms with Gasteiger partial charge in [0.1, 0.15) is 0 Å². The third-order valence-corrected chi connectivity index (χ3v) is 10.4. The van der Waals surface area contributed by atoms with Crippen LogP contribution in [0.15, 0.2) is 0 Å². The summed E-state index contributed by atoms with van der Waals surface area (Å²) >= 11 is 0. The topological polar surface area (TPSA) is 73.9 Å². The Morgan fingerprint density at radius 3 is 2.60 bits per heavy atom. The summed E-state index contributed by atoms with van der Waals surface area (Å²) in [6.07, 6.45) is 11.5. The minimum Gasteiger partial charge on any atom is -0.389 e. The molecule has 0 bridgehead atoms. The van der Waals surface area contributed by atoms with Gasteiger partial charge in [-0.1, -0.05) is 13.8 Å². The molecule has 0 spiro atoms. The van der Waals surface area contributed by atoms with Crippen LogP contribution >= 0.6 is 0 Å². The lowest BCUT2D eigenvalue weighted by molar-refractivity contribution is -0.229. The first-order chi connectivity index (χ1) is 14.4. The molecule has 5 fully saturated rings. The molecule has 4 aliphatic carbocycles. The standard InChI is InChI=1S/C25H43NO4/c1-23-8-3-9-25(23,27)20-6-5-17-15-21(28-12-4-11-26)18(22-29-13-14-30-22)16-24(17,2)19(20)7-10-23/h17-22,27H,3-16,26H2,1-2H3/t17?,18?,19-,20-,21?,23+,24+,25-/m1/s1. The van der Waals surface area contributed by atoms with Crippen molar-refractivity contribution in [2.45, 2.75) is 96.1 Å². The molecule has 1 saturated heterocycles. The minimum absolute atomic E-state index is 0.130. The number of hydrogen-bond acceptors (Lipinski definition) is 5. The van der Waals surface area contributed by atoms with E-state index in [9.17, 15) is 5.11 Å². The van der Waals surface area contributed by atoms with Gasteiger partial charge in [-0.25, -0.2) is 0 Å². The first kappa shape index (κ1) is 21.6. The van der Waals surface area contributed by atoms with E-state index in [2.05, 4.69) is 13.8 Å². The molecule has 5 rings (SSSR count). The predicted octanol–water partition coefficient (Wildman–Crippen LogP) is 3.87. The third kappa shape index (κ3) is 3.22. The summed E-state index contributed by atoms with van der Waals surface area (Å²) in [5.74, 6) is 2.03. The van der Waals surface area contributed by atoms with Crippen LogP contribution in [0.2, 0.25) is 0 Å². The van der Waals surface area contributed by atoms with Gasteiger partial charge in [0.2, 0.25) is 0 Å². The van der Waals surface area contributed by atoms with Gasteiger partial charge in [-0.05, 0) is 99.3 Å². The molecule has 0 radical (unpaired) electrons. The van der Waals surface area contributed by atoms with Crippen LogP contribution in [0.1, 0.15) is 78.1 Å². The summed E-state index contributed by atoms with van der Waals surface area (Å²) in [6.45, 7) is 7.71. The first-order valence-electron chi connectivity index (χ1n) is 12.7. The molecule has 5 nitrogen and oxygen atoms in total. The van der Waals surface area contributed by atoms with E-state index in [1.54, 1.807) is 0 Å². The second-order valence-electron chi connectivity index (χ2n) is 11.6. The highest BCUT2D eigenvalue weighted by atomic mass is 16.7. The lowest BCUT2D eigenvalue weighted by atomic mass is 9.43. The van der Waals surface area contributed by atoms with Gasteiger partial charge < -0.3 is 25.1 Å². The number of rotatable bonds is 5. The maximum atomic E-state index is 12.0.